The standard InChI is InChI=1S/C15H23F2NOS/c1-11(12-5-3-2-4-6-12)18-9-13-7-8-14(19-13)10-20-15(16)17/h7-8,11-12,15,18H,2-6,9-10H2,1H3/t11-/m0/s1. The summed E-state index contributed by atoms with van der Waals surface area (Å²) in [4.78, 5) is 0. The Morgan fingerprint density at radius 3 is 2.65 bits per heavy atom. The van der Waals surface area contributed by atoms with Crippen molar-refractivity contribution >= 4 is 11.8 Å². The zero-order valence-electron chi connectivity index (χ0n) is 11.9. The highest BCUT2D eigenvalue weighted by Crippen LogP contribution is 2.26. The summed E-state index contributed by atoms with van der Waals surface area (Å²) in [5, 5.41) is 3.50. The van der Waals surface area contributed by atoms with Gasteiger partial charge in [-0.15, -0.1) is 0 Å². The Morgan fingerprint density at radius 1 is 1.25 bits per heavy atom. The van der Waals surface area contributed by atoms with Gasteiger partial charge in [-0.2, -0.15) is 8.78 Å². The first kappa shape index (κ1) is 15.8. The second-order valence-corrected chi connectivity index (χ2v) is 6.49. The first-order valence-corrected chi connectivity index (χ1v) is 8.41. The molecule has 1 atom stereocenters. The van der Waals surface area contributed by atoms with Gasteiger partial charge in [0, 0.05) is 6.04 Å². The van der Waals surface area contributed by atoms with Crippen LogP contribution in [0.4, 0.5) is 8.78 Å². The Hall–Kier alpha value is -0.550. The molecule has 114 valence electrons. The molecule has 0 amide bonds. The molecule has 1 N–H and O–H groups in total. The maximum absolute atomic E-state index is 12.1. The van der Waals surface area contributed by atoms with E-state index in [-0.39, 0.29) is 5.75 Å². The topological polar surface area (TPSA) is 25.2 Å². The van der Waals surface area contributed by atoms with Crippen molar-refractivity contribution in [3.63, 3.8) is 0 Å². The van der Waals surface area contributed by atoms with Crippen LogP contribution in [-0.4, -0.2) is 11.8 Å². The number of hydrogen-bond acceptors (Lipinski definition) is 3. The summed E-state index contributed by atoms with van der Waals surface area (Å²) in [6.07, 6.45) is 6.66. The molecule has 1 aliphatic rings. The summed E-state index contributed by atoms with van der Waals surface area (Å²) in [5.74, 6) is 0.103. The number of hydrogen-bond donors (Lipinski definition) is 1. The molecule has 0 unspecified atom stereocenters. The van der Waals surface area contributed by atoms with Crippen molar-refractivity contribution in [3.05, 3.63) is 23.7 Å². The Morgan fingerprint density at radius 2 is 1.95 bits per heavy atom. The van der Waals surface area contributed by atoms with Crippen molar-refractivity contribution < 1.29 is 13.2 Å². The number of furan rings is 1. The molecule has 1 heterocycles. The van der Waals surface area contributed by atoms with Crippen LogP contribution in [0.25, 0.3) is 0 Å². The molecular weight excluding hydrogens is 280 g/mol. The number of thioether (sulfide) groups is 1. The molecule has 1 aliphatic carbocycles. The summed E-state index contributed by atoms with van der Waals surface area (Å²) in [6.45, 7) is 2.91. The van der Waals surface area contributed by atoms with Crippen LogP contribution in [0, 0.1) is 5.92 Å². The van der Waals surface area contributed by atoms with Crippen molar-refractivity contribution in [1.82, 2.24) is 5.32 Å². The highest BCUT2D eigenvalue weighted by atomic mass is 32.2. The first-order chi connectivity index (χ1) is 9.65. The number of halogens is 2. The Balaban J connectivity index is 1.73. The molecule has 20 heavy (non-hydrogen) atoms. The van der Waals surface area contributed by atoms with Crippen molar-refractivity contribution in [2.45, 2.75) is 63.1 Å². The van der Waals surface area contributed by atoms with Gasteiger partial charge in [0.05, 0.1) is 12.3 Å². The largest absolute Gasteiger partial charge is 0.464 e. The molecule has 0 saturated heterocycles. The predicted octanol–water partition coefficient (Wildman–Crippen LogP) is 4.79. The summed E-state index contributed by atoms with van der Waals surface area (Å²) in [6, 6.07) is 4.15. The lowest BCUT2D eigenvalue weighted by Gasteiger charge is -2.28. The van der Waals surface area contributed by atoms with E-state index in [0.717, 1.165) is 11.7 Å². The van der Waals surface area contributed by atoms with Gasteiger partial charge in [-0.05, 0) is 37.8 Å². The number of alkyl halides is 2. The van der Waals surface area contributed by atoms with Gasteiger partial charge < -0.3 is 9.73 Å². The fourth-order valence-corrected chi connectivity index (χ4v) is 3.25. The van der Waals surface area contributed by atoms with Crippen LogP contribution in [0.5, 0.6) is 0 Å². The van der Waals surface area contributed by atoms with Crippen molar-refractivity contribution in [1.29, 1.82) is 0 Å². The van der Waals surface area contributed by atoms with Crippen molar-refractivity contribution in [2.24, 2.45) is 5.92 Å². The van der Waals surface area contributed by atoms with Crippen LogP contribution >= 0.6 is 11.8 Å². The maximum atomic E-state index is 12.1. The smallest absolute Gasteiger partial charge is 0.284 e. The van der Waals surface area contributed by atoms with Gasteiger partial charge in [-0.3, -0.25) is 0 Å². The van der Waals surface area contributed by atoms with Gasteiger partial charge in [-0.25, -0.2) is 0 Å². The molecule has 1 aromatic rings. The fourth-order valence-electron chi connectivity index (χ4n) is 2.80. The fraction of sp³-hybridized carbons (Fsp3) is 0.733. The van der Waals surface area contributed by atoms with Crippen LogP contribution < -0.4 is 5.32 Å². The zero-order valence-corrected chi connectivity index (χ0v) is 12.7. The summed E-state index contributed by atoms with van der Waals surface area (Å²) < 4.78 is 29.7. The first-order valence-electron chi connectivity index (χ1n) is 7.36. The second-order valence-electron chi connectivity index (χ2n) is 5.51. The van der Waals surface area contributed by atoms with Gasteiger partial charge in [0.2, 0.25) is 0 Å². The van der Waals surface area contributed by atoms with E-state index in [1.165, 1.54) is 32.1 Å². The lowest BCUT2D eigenvalue weighted by molar-refractivity contribution is 0.251. The molecular formula is C15H23F2NOS. The molecule has 0 aromatic carbocycles. The average molecular weight is 303 g/mol. The minimum Gasteiger partial charge on any atom is -0.464 e. The van der Waals surface area contributed by atoms with Crippen molar-refractivity contribution in [2.75, 3.05) is 0 Å². The minimum atomic E-state index is -2.34. The van der Waals surface area contributed by atoms with E-state index in [0.29, 0.717) is 30.1 Å². The highest BCUT2D eigenvalue weighted by Gasteiger charge is 2.19. The van der Waals surface area contributed by atoms with Crippen LogP contribution in [0.1, 0.15) is 50.5 Å². The third-order valence-electron chi connectivity index (χ3n) is 4.02. The molecule has 2 nitrogen and oxygen atoms in total. The molecule has 5 heteroatoms. The molecule has 0 aliphatic heterocycles. The van der Waals surface area contributed by atoms with E-state index >= 15 is 0 Å². The monoisotopic (exact) mass is 303 g/mol. The van der Waals surface area contributed by atoms with Gasteiger partial charge in [0.15, 0.2) is 0 Å². The molecule has 0 spiro atoms. The molecule has 1 fully saturated rings. The normalized spacial score (nSPS) is 18.6. The Kier molecular flexibility index (Phi) is 6.36. The van der Waals surface area contributed by atoms with Crippen LogP contribution in [0.3, 0.4) is 0 Å². The van der Waals surface area contributed by atoms with Gasteiger partial charge in [0.25, 0.3) is 5.76 Å². The maximum Gasteiger partial charge on any atom is 0.284 e. The van der Waals surface area contributed by atoms with Crippen LogP contribution in [0.15, 0.2) is 16.5 Å². The molecule has 0 bridgehead atoms. The van der Waals surface area contributed by atoms with E-state index in [1.54, 1.807) is 6.07 Å². The number of rotatable bonds is 7. The Labute approximate surface area is 123 Å². The quantitative estimate of drug-likeness (QED) is 0.783. The zero-order chi connectivity index (χ0) is 14.4. The minimum absolute atomic E-state index is 0.232. The molecule has 1 aromatic heterocycles. The van der Waals surface area contributed by atoms with Gasteiger partial charge in [0.1, 0.15) is 11.5 Å². The lowest BCUT2D eigenvalue weighted by Crippen LogP contribution is -2.34. The van der Waals surface area contributed by atoms with Gasteiger partial charge in [-0.1, -0.05) is 31.0 Å². The van der Waals surface area contributed by atoms with Crippen molar-refractivity contribution in [3.8, 4) is 0 Å². The number of nitrogens with one attached hydrogen (secondary N) is 1. The summed E-state index contributed by atoms with van der Waals surface area (Å²) in [5.41, 5.74) is 0. The van der Waals surface area contributed by atoms with E-state index < -0.39 is 5.76 Å². The molecule has 1 saturated carbocycles. The molecule has 2 rings (SSSR count). The summed E-state index contributed by atoms with van der Waals surface area (Å²) in [7, 11) is 0. The summed E-state index contributed by atoms with van der Waals surface area (Å²) >= 11 is 0.597. The third-order valence-corrected chi connectivity index (χ3v) is 4.73. The lowest BCUT2D eigenvalue weighted by atomic mass is 9.84. The predicted molar refractivity (Wildman–Crippen MR) is 78.9 cm³/mol. The Bertz CT molecular complexity index is 391. The SMILES string of the molecule is C[C@H](NCc1ccc(CSC(F)F)o1)C1CCCCC1. The van der Waals surface area contributed by atoms with Crippen LogP contribution in [-0.2, 0) is 12.3 Å². The molecule has 0 radical (unpaired) electrons. The highest BCUT2D eigenvalue weighted by molar-refractivity contribution is 7.98. The van der Waals surface area contributed by atoms with Gasteiger partial charge >= 0.3 is 0 Å². The van der Waals surface area contributed by atoms with E-state index in [4.69, 9.17) is 4.42 Å². The van der Waals surface area contributed by atoms with E-state index in [2.05, 4.69) is 12.2 Å². The third kappa shape index (κ3) is 5.09. The second kappa shape index (κ2) is 8.03. The van der Waals surface area contributed by atoms with Crippen LogP contribution in [0.2, 0.25) is 0 Å². The van der Waals surface area contributed by atoms with E-state index in [9.17, 15) is 8.78 Å². The average Bonchev–Trinajstić information content (AvgIpc) is 2.91. The van der Waals surface area contributed by atoms with E-state index in [1.807, 2.05) is 6.07 Å².